The maximum Gasteiger partial charge on any atom is 0.222 e. The van der Waals surface area contributed by atoms with Gasteiger partial charge in [-0.05, 0) is 67.8 Å². The third kappa shape index (κ3) is 3.39. The lowest BCUT2D eigenvalue weighted by Crippen LogP contribution is -2.29. The van der Waals surface area contributed by atoms with Crippen molar-refractivity contribution < 1.29 is 5.11 Å². The Morgan fingerprint density at radius 2 is 1.82 bits per heavy atom. The first-order valence-corrected chi connectivity index (χ1v) is 10.0. The van der Waals surface area contributed by atoms with Crippen LogP contribution in [0, 0.1) is 4.91 Å². The van der Waals surface area contributed by atoms with Crippen molar-refractivity contribution in [2.75, 3.05) is 20.1 Å². The van der Waals surface area contributed by atoms with Gasteiger partial charge >= 0.3 is 0 Å². The molecule has 0 amide bonds. The predicted molar refractivity (Wildman–Crippen MR) is 114 cm³/mol. The van der Waals surface area contributed by atoms with Crippen LogP contribution in [0.1, 0.15) is 29.9 Å². The summed E-state index contributed by atoms with van der Waals surface area (Å²) < 4.78 is 1.66. The van der Waals surface area contributed by atoms with Gasteiger partial charge in [0.15, 0.2) is 5.69 Å². The van der Waals surface area contributed by atoms with Crippen molar-refractivity contribution >= 4 is 39.8 Å². The van der Waals surface area contributed by atoms with E-state index in [4.69, 9.17) is 23.2 Å². The zero-order chi connectivity index (χ0) is 19.8. The van der Waals surface area contributed by atoms with Gasteiger partial charge in [-0.3, -0.25) is 0 Å². The number of aromatic hydroxyl groups is 1. The number of hydrogen-bond donors (Lipinski definition) is 1. The molecule has 0 bridgehead atoms. The van der Waals surface area contributed by atoms with Crippen LogP contribution in [0.15, 0.2) is 41.6 Å². The lowest BCUT2D eigenvalue weighted by atomic mass is 9.89. The molecule has 1 aromatic heterocycles. The molecule has 1 N–H and O–H groups in total. The Hall–Kier alpha value is -2.08. The molecule has 3 aromatic rings. The summed E-state index contributed by atoms with van der Waals surface area (Å²) in [5.41, 5.74) is 2.72. The second-order valence-corrected chi connectivity index (χ2v) is 8.22. The zero-order valence-electron chi connectivity index (χ0n) is 15.5. The minimum absolute atomic E-state index is 0.0492. The van der Waals surface area contributed by atoms with E-state index < -0.39 is 0 Å². The largest absolute Gasteiger partial charge is 0.493 e. The number of likely N-dealkylation sites (tertiary alicyclic amines) is 1. The van der Waals surface area contributed by atoms with E-state index in [1.54, 1.807) is 22.8 Å². The van der Waals surface area contributed by atoms with Crippen LogP contribution < -0.4 is 0 Å². The second-order valence-electron chi connectivity index (χ2n) is 7.40. The van der Waals surface area contributed by atoms with E-state index in [1.807, 2.05) is 12.1 Å². The van der Waals surface area contributed by atoms with Crippen LogP contribution >= 0.6 is 23.2 Å². The highest BCUT2D eigenvalue weighted by molar-refractivity contribution is 6.36. The Balaban J connectivity index is 1.81. The Bertz CT molecular complexity index is 1020. The summed E-state index contributed by atoms with van der Waals surface area (Å²) in [7, 11) is 2.14. The standard InChI is InChI=1S/C21H21Cl2N3O2/c1-25-9-7-13(8-10-25)14-5-6-15-19(11-14)26(21(27)20(15)24-28)12-16-17(22)3-2-4-18(16)23/h2-6,11,13,27H,7-10,12H2,1H3. The molecule has 1 fully saturated rings. The maximum atomic E-state index is 11.4. The highest BCUT2D eigenvalue weighted by atomic mass is 35.5. The average Bonchev–Trinajstić information content (AvgIpc) is 2.95. The smallest absolute Gasteiger partial charge is 0.222 e. The first kappa shape index (κ1) is 19.2. The number of nitroso groups, excluding NO2 is 1. The van der Waals surface area contributed by atoms with Crippen LogP contribution in [0.25, 0.3) is 10.9 Å². The molecule has 7 heteroatoms. The molecule has 0 atom stereocenters. The van der Waals surface area contributed by atoms with Crippen LogP contribution in [0.4, 0.5) is 5.69 Å². The van der Waals surface area contributed by atoms with Gasteiger partial charge < -0.3 is 14.6 Å². The van der Waals surface area contributed by atoms with Gasteiger partial charge in [0, 0.05) is 21.0 Å². The molecule has 2 aromatic carbocycles. The topological polar surface area (TPSA) is 57.8 Å². The molecular weight excluding hydrogens is 397 g/mol. The summed E-state index contributed by atoms with van der Waals surface area (Å²) in [6.45, 7) is 2.38. The van der Waals surface area contributed by atoms with Crippen molar-refractivity contribution in [3.05, 3.63) is 62.5 Å². The lowest BCUT2D eigenvalue weighted by molar-refractivity contribution is 0.255. The molecule has 0 radical (unpaired) electrons. The van der Waals surface area contributed by atoms with Crippen molar-refractivity contribution in [2.45, 2.75) is 25.3 Å². The molecule has 1 aliphatic rings. The van der Waals surface area contributed by atoms with Gasteiger partial charge in [-0.2, -0.15) is 0 Å². The van der Waals surface area contributed by atoms with Crippen LogP contribution in [-0.4, -0.2) is 34.7 Å². The van der Waals surface area contributed by atoms with Crippen LogP contribution in [0.5, 0.6) is 5.88 Å². The van der Waals surface area contributed by atoms with E-state index in [9.17, 15) is 10.0 Å². The average molecular weight is 418 g/mol. The Morgan fingerprint density at radius 3 is 2.46 bits per heavy atom. The maximum absolute atomic E-state index is 11.4. The molecule has 1 aliphatic heterocycles. The zero-order valence-corrected chi connectivity index (χ0v) is 17.0. The van der Waals surface area contributed by atoms with E-state index in [1.165, 1.54) is 5.56 Å². The first-order valence-electron chi connectivity index (χ1n) is 9.29. The van der Waals surface area contributed by atoms with E-state index in [0.717, 1.165) is 31.4 Å². The third-order valence-electron chi connectivity index (χ3n) is 5.69. The van der Waals surface area contributed by atoms with Crippen LogP contribution in [0.3, 0.4) is 0 Å². The fourth-order valence-electron chi connectivity index (χ4n) is 4.02. The summed E-state index contributed by atoms with van der Waals surface area (Å²) in [5.74, 6) is 0.296. The van der Waals surface area contributed by atoms with Gasteiger partial charge in [0.05, 0.1) is 12.1 Å². The summed E-state index contributed by atoms with van der Waals surface area (Å²) in [6, 6.07) is 11.3. The third-order valence-corrected chi connectivity index (χ3v) is 6.40. The second kappa shape index (κ2) is 7.74. The molecule has 5 nitrogen and oxygen atoms in total. The number of hydrogen-bond acceptors (Lipinski definition) is 4. The molecule has 0 unspecified atom stereocenters. The van der Waals surface area contributed by atoms with Crippen LogP contribution in [0.2, 0.25) is 10.0 Å². The number of nitrogens with zero attached hydrogens (tertiary/aromatic N) is 3. The number of fused-ring (bicyclic) bond motifs is 1. The minimum atomic E-state index is -0.165. The molecule has 2 heterocycles. The molecule has 4 rings (SSSR count). The van der Waals surface area contributed by atoms with Gasteiger partial charge in [0.25, 0.3) is 0 Å². The Labute approximate surface area is 173 Å². The lowest BCUT2D eigenvalue weighted by Gasteiger charge is -2.29. The van der Waals surface area contributed by atoms with Gasteiger partial charge in [0.2, 0.25) is 5.88 Å². The van der Waals surface area contributed by atoms with Crippen molar-refractivity contribution in [3.63, 3.8) is 0 Å². The summed E-state index contributed by atoms with van der Waals surface area (Å²) >= 11 is 12.6. The Kier molecular flexibility index (Phi) is 5.32. The van der Waals surface area contributed by atoms with E-state index in [0.29, 0.717) is 26.9 Å². The van der Waals surface area contributed by atoms with Gasteiger partial charge in [-0.25, -0.2) is 0 Å². The summed E-state index contributed by atoms with van der Waals surface area (Å²) in [6.07, 6.45) is 2.17. The monoisotopic (exact) mass is 417 g/mol. The molecule has 1 saturated heterocycles. The minimum Gasteiger partial charge on any atom is -0.493 e. The number of halogens is 2. The molecule has 28 heavy (non-hydrogen) atoms. The van der Waals surface area contributed by atoms with E-state index in [-0.39, 0.29) is 18.1 Å². The highest BCUT2D eigenvalue weighted by Crippen LogP contribution is 2.41. The SMILES string of the molecule is CN1CCC(c2ccc3c(N=O)c(O)n(Cc4c(Cl)cccc4Cl)c3c2)CC1. The summed E-state index contributed by atoms with van der Waals surface area (Å²) in [5, 5.41) is 15.4. The quantitative estimate of drug-likeness (QED) is 0.536. The van der Waals surface area contributed by atoms with Crippen molar-refractivity contribution in [3.8, 4) is 5.88 Å². The molecule has 0 aliphatic carbocycles. The van der Waals surface area contributed by atoms with Gasteiger partial charge in [-0.15, -0.1) is 4.91 Å². The number of aromatic nitrogens is 1. The number of benzene rings is 2. The molecule has 0 spiro atoms. The van der Waals surface area contributed by atoms with Crippen molar-refractivity contribution in [1.82, 2.24) is 9.47 Å². The van der Waals surface area contributed by atoms with Gasteiger partial charge in [-0.1, -0.05) is 41.4 Å². The Morgan fingerprint density at radius 1 is 1.14 bits per heavy atom. The highest BCUT2D eigenvalue weighted by Gasteiger charge is 2.23. The van der Waals surface area contributed by atoms with Gasteiger partial charge in [0.1, 0.15) is 0 Å². The van der Waals surface area contributed by atoms with E-state index in [2.05, 4.69) is 23.2 Å². The molecular formula is C21H21Cl2N3O2. The normalized spacial score (nSPS) is 16.0. The van der Waals surface area contributed by atoms with Crippen molar-refractivity contribution in [2.24, 2.45) is 5.18 Å². The molecule has 0 saturated carbocycles. The number of piperidine rings is 1. The fraction of sp³-hybridized carbons (Fsp3) is 0.333. The molecule has 146 valence electrons. The van der Waals surface area contributed by atoms with Crippen LogP contribution in [-0.2, 0) is 6.54 Å². The number of rotatable bonds is 4. The predicted octanol–water partition coefficient (Wildman–Crippen LogP) is 5.91. The first-order chi connectivity index (χ1) is 13.5. The van der Waals surface area contributed by atoms with E-state index >= 15 is 0 Å². The fourth-order valence-corrected chi connectivity index (χ4v) is 4.54. The van der Waals surface area contributed by atoms with Crippen molar-refractivity contribution in [1.29, 1.82) is 0 Å². The summed E-state index contributed by atoms with van der Waals surface area (Å²) in [4.78, 5) is 13.7.